The molecule has 2 heterocycles. The largest absolute Gasteiger partial charge is 0.494 e. The molecule has 1 aromatic carbocycles. The van der Waals surface area contributed by atoms with E-state index in [1.54, 1.807) is 12.0 Å². The first kappa shape index (κ1) is 24.2. The third-order valence-corrected chi connectivity index (χ3v) is 7.38. The van der Waals surface area contributed by atoms with Gasteiger partial charge in [-0.2, -0.15) is 4.98 Å². The monoisotopic (exact) mass is 512 g/mol. The zero-order valence-electron chi connectivity index (χ0n) is 20.2. The fourth-order valence-electron chi connectivity index (χ4n) is 5.54. The number of nitrogens with one attached hydrogen (secondary N) is 2. The van der Waals surface area contributed by atoms with Gasteiger partial charge in [0.15, 0.2) is 5.82 Å². The fourth-order valence-corrected chi connectivity index (χ4v) is 5.69. The summed E-state index contributed by atoms with van der Waals surface area (Å²) < 4.78 is 11.2. The van der Waals surface area contributed by atoms with Crippen molar-refractivity contribution in [3.05, 3.63) is 41.1 Å². The molecule has 4 N–H and O–H groups in total. The number of nitrogens with zero attached hydrogens (tertiary/aromatic N) is 3. The molecule has 3 aliphatic rings. The van der Waals surface area contributed by atoms with Crippen LogP contribution in [0.2, 0.25) is 5.02 Å². The van der Waals surface area contributed by atoms with Crippen LogP contribution in [0.15, 0.2) is 30.5 Å². The van der Waals surface area contributed by atoms with E-state index in [2.05, 4.69) is 32.8 Å². The van der Waals surface area contributed by atoms with Crippen LogP contribution in [0.4, 0.5) is 27.9 Å². The van der Waals surface area contributed by atoms with Crippen LogP contribution in [0.25, 0.3) is 0 Å². The van der Waals surface area contributed by atoms with Crippen molar-refractivity contribution in [1.82, 2.24) is 9.97 Å². The Morgan fingerprint density at radius 2 is 2.08 bits per heavy atom. The maximum absolute atomic E-state index is 12.5. The third kappa shape index (κ3) is 4.41. The number of hydrogen-bond donors (Lipinski definition) is 3. The molecule has 1 saturated carbocycles. The van der Waals surface area contributed by atoms with Crippen molar-refractivity contribution in [2.24, 2.45) is 17.6 Å². The molecular weight excluding hydrogens is 484 g/mol. The summed E-state index contributed by atoms with van der Waals surface area (Å²) in [6, 6.07) is 3.59. The predicted octanol–water partition coefficient (Wildman–Crippen LogP) is 4.02. The topological polar surface area (TPSA) is 132 Å². The third-order valence-electron chi connectivity index (χ3n) is 7.10. The van der Waals surface area contributed by atoms with Crippen LogP contribution >= 0.6 is 11.6 Å². The van der Waals surface area contributed by atoms with Crippen LogP contribution in [0.5, 0.6) is 5.75 Å². The maximum Gasteiger partial charge on any atom is 0.404 e. The van der Waals surface area contributed by atoms with Gasteiger partial charge >= 0.3 is 6.09 Å². The first-order valence-electron chi connectivity index (χ1n) is 12.1. The number of nitrogens with two attached hydrogens (primary N) is 1. The van der Waals surface area contributed by atoms with Crippen LogP contribution in [0.1, 0.15) is 31.7 Å². The molecule has 10 nitrogen and oxygen atoms in total. The molecule has 0 saturated heterocycles. The molecule has 0 unspecified atom stereocenters. The molecular formula is C25H29ClN6O4. The second-order valence-electron chi connectivity index (χ2n) is 9.17. The second kappa shape index (κ2) is 9.85. The highest BCUT2D eigenvalue weighted by molar-refractivity contribution is 6.32. The SMILES string of the molecule is CCN1C(=O)CCCc2c1ccc(Nc1ncc(Cl)c(N[C@@H]3[C@H](OC(N)=O)[C@H]4C=C[C@@H]3C4)n1)c2OC. The number of hydrogen-bond acceptors (Lipinski definition) is 8. The van der Waals surface area contributed by atoms with Crippen molar-refractivity contribution in [2.45, 2.75) is 44.8 Å². The number of fused-ring (bicyclic) bond motifs is 3. The fraction of sp³-hybridized carbons (Fsp3) is 0.440. The van der Waals surface area contributed by atoms with Gasteiger partial charge in [-0.3, -0.25) is 4.79 Å². The molecule has 4 atom stereocenters. The summed E-state index contributed by atoms with van der Waals surface area (Å²) in [5, 5.41) is 6.93. The smallest absolute Gasteiger partial charge is 0.404 e. The first-order valence-corrected chi connectivity index (χ1v) is 12.5. The van der Waals surface area contributed by atoms with Crippen molar-refractivity contribution in [3.8, 4) is 5.75 Å². The molecule has 0 spiro atoms. The molecule has 2 amide bonds. The van der Waals surface area contributed by atoms with Crippen LogP contribution < -0.4 is 26.0 Å². The molecule has 0 radical (unpaired) electrons. The summed E-state index contributed by atoms with van der Waals surface area (Å²) in [6.07, 6.45) is 7.33. The van der Waals surface area contributed by atoms with Crippen molar-refractivity contribution in [1.29, 1.82) is 0 Å². The minimum atomic E-state index is -0.803. The number of aromatic nitrogens is 2. The minimum absolute atomic E-state index is 0.108. The van der Waals surface area contributed by atoms with Crippen molar-refractivity contribution in [2.75, 3.05) is 29.2 Å². The van der Waals surface area contributed by atoms with Gasteiger partial charge in [0, 0.05) is 30.4 Å². The van der Waals surface area contributed by atoms with Crippen LogP contribution in [-0.2, 0) is 16.0 Å². The Hall–Kier alpha value is -3.53. The lowest BCUT2D eigenvalue weighted by Crippen LogP contribution is -2.41. The van der Waals surface area contributed by atoms with Gasteiger partial charge in [-0.05, 0) is 38.3 Å². The Morgan fingerprint density at radius 1 is 1.28 bits per heavy atom. The number of rotatable bonds is 7. The number of carbonyl (C=O) groups excluding carboxylic acids is 2. The van der Waals surface area contributed by atoms with Crippen molar-refractivity contribution >= 4 is 46.7 Å². The lowest BCUT2D eigenvalue weighted by Gasteiger charge is -2.28. The van der Waals surface area contributed by atoms with Crippen molar-refractivity contribution in [3.63, 3.8) is 0 Å². The van der Waals surface area contributed by atoms with Crippen LogP contribution in [0.3, 0.4) is 0 Å². The van der Waals surface area contributed by atoms with E-state index in [0.29, 0.717) is 41.2 Å². The van der Waals surface area contributed by atoms with E-state index in [4.69, 9.17) is 26.8 Å². The van der Waals surface area contributed by atoms with Gasteiger partial charge in [0.2, 0.25) is 11.9 Å². The van der Waals surface area contributed by atoms with E-state index in [-0.39, 0.29) is 23.8 Å². The maximum atomic E-state index is 12.5. The number of primary amides is 1. The van der Waals surface area contributed by atoms with E-state index in [1.807, 2.05) is 19.1 Å². The molecule has 1 aromatic heterocycles. The van der Waals surface area contributed by atoms with Gasteiger partial charge in [0.05, 0.1) is 30.7 Å². The number of anilines is 4. The lowest BCUT2D eigenvalue weighted by molar-refractivity contribution is -0.118. The standard InChI is InChI=1S/C25H29ClN6O4/c1-3-32-18-10-9-17(22(35-2)15(18)5-4-6-19(32)33)29-25-28-12-16(26)23(31-25)30-20-13-7-8-14(11-13)21(20)36-24(27)34/h7-10,12-14,20-21H,3-6,11H2,1-2H3,(H2,27,34)(H2,28,29,30,31)/t13-,14+,20+,21-/m1/s1. The highest BCUT2D eigenvalue weighted by Gasteiger charge is 2.47. The summed E-state index contributed by atoms with van der Waals surface area (Å²) >= 11 is 6.42. The minimum Gasteiger partial charge on any atom is -0.494 e. The quantitative estimate of drug-likeness (QED) is 0.474. The summed E-state index contributed by atoms with van der Waals surface area (Å²) in [5.74, 6) is 1.80. The summed E-state index contributed by atoms with van der Waals surface area (Å²) in [7, 11) is 1.61. The first-order chi connectivity index (χ1) is 17.4. The van der Waals surface area contributed by atoms with Crippen LogP contribution in [-0.4, -0.2) is 47.8 Å². The Bertz CT molecular complexity index is 1220. The summed E-state index contributed by atoms with van der Waals surface area (Å²) in [4.78, 5) is 34.7. The van der Waals surface area contributed by atoms with E-state index in [0.717, 1.165) is 30.5 Å². The average molecular weight is 513 g/mol. The molecule has 11 heteroatoms. The molecule has 36 heavy (non-hydrogen) atoms. The normalized spacial score (nSPS) is 24.3. The van der Waals surface area contributed by atoms with Gasteiger partial charge in [0.1, 0.15) is 16.9 Å². The number of amides is 2. The molecule has 5 rings (SSSR count). The van der Waals surface area contributed by atoms with E-state index >= 15 is 0 Å². The Labute approximate surface area is 214 Å². The predicted molar refractivity (Wildman–Crippen MR) is 137 cm³/mol. The molecule has 1 aliphatic heterocycles. The van der Waals surface area contributed by atoms with Gasteiger partial charge in [-0.1, -0.05) is 23.8 Å². The Balaban J connectivity index is 1.41. The summed E-state index contributed by atoms with van der Waals surface area (Å²) in [6.45, 7) is 2.56. The molecule has 2 aliphatic carbocycles. The van der Waals surface area contributed by atoms with E-state index in [1.165, 1.54) is 6.20 Å². The summed E-state index contributed by atoms with van der Waals surface area (Å²) in [5.41, 5.74) is 7.83. The molecule has 2 aromatic rings. The number of methoxy groups -OCH3 is 1. The van der Waals surface area contributed by atoms with E-state index < -0.39 is 12.2 Å². The zero-order chi connectivity index (χ0) is 25.4. The number of benzene rings is 1. The number of carbonyl (C=O) groups is 2. The average Bonchev–Trinajstić information content (AvgIpc) is 3.40. The highest BCUT2D eigenvalue weighted by atomic mass is 35.5. The molecule has 190 valence electrons. The van der Waals surface area contributed by atoms with Crippen molar-refractivity contribution < 1.29 is 19.1 Å². The van der Waals surface area contributed by atoms with Gasteiger partial charge < -0.3 is 30.7 Å². The Kier molecular flexibility index (Phi) is 6.61. The van der Waals surface area contributed by atoms with E-state index in [9.17, 15) is 9.59 Å². The molecule has 1 fully saturated rings. The van der Waals surface area contributed by atoms with Gasteiger partial charge in [-0.15, -0.1) is 0 Å². The molecule has 2 bridgehead atoms. The number of halogens is 1. The highest BCUT2D eigenvalue weighted by Crippen LogP contribution is 2.43. The van der Waals surface area contributed by atoms with Gasteiger partial charge in [-0.25, -0.2) is 9.78 Å². The second-order valence-corrected chi connectivity index (χ2v) is 9.58. The zero-order valence-corrected chi connectivity index (χ0v) is 20.9. The lowest BCUT2D eigenvalue weighted by atomic mass is 9.98. The van der Waals surface area contributed by atoms with Gasteiger partial charge in [0.25, 0.3) is 0 Å². The Morgan fingerprint density at radius 3 is 2.83 bits per heavy atom. The van der Waals surface area contributed by atoms with Crippen LogP contribution in [0, 0.1) is 11.8 Å². The number of ether oxygens (including phenoxy) is 2.